The summed E-state index contributed by atoms with van der Waals surface area (Å²) in [5.41, 5.74) is 8.07. The van der Waals surface area contributed by atoms with Crippen molar-refractivity contribution in [2.24, 2.45) is 5.73 Å². The summed E-state index contributed by atoms with van der Waals surface area (Å²) in [6, 6.07) is 7.47. The molecule has 1 atom stereocenters. The maximum atomic E-state index is 13.7. The van der Waals surface area contributed by atoms with E-state index in [0.717, 1.165) is 11.3 Å². The Bertz CT molecular complexity index is 600. The minimum Gasteiger partial charge on any atom is -0.321 e. The fourth-order valence-corrected chi connectivity index (χ4v) is 2.19. The van der Waals surface area contributed by atoms with E-state index in [1.165, 1.54) is 6.07 Å². The summed E-state index contributed by atoms with van der Waals surface area (Å²) in [5.74, 6) is -0.216. The van der Waals surface area contributed by atoms with Gasteiger partial charge in [0.05, 0.1) is 5.69 Å². The van der Waals surface area contributed by atoms with Crippen LogP contribution in [0.15, 0.2) is 30.5 Å². The number of hydrogen-bond donors (Lipinski definition) is 1. The minimum absolute atomic E-state index is 0.216. The van der Waals surface area contributed by atoms with E-state index in [9.17, 15) is 4.39 Å². The molecule has 0 saturated carbocycles. The van der Waals surface area contributed by atoms with Crippen molar-refractivity contribution in [2.75, 3.05) is 0 Å². The highest BCUT2D eigenvalue weighted by molar-refractivity contribution is 5.29. The first-order valence-electron chi connectivity index (χ1n) is 6.89. The van der Waals surface area contributed by atoms with E-state index in [2.05, 4.69) is 18.9 Å². The molecule has 0 fully saturated rings. The van der Waals surface area contributed by atoms with E-state index in [1.807, 2.05) is 29.9 Å². The maximum Gasteiger partial charge on any atom is 0.126 e. The van der Waals surface area contributed by atoms with Crippen molar-refractivity contribution in [3.63, 3.8) is 0 Å². The zero-order valence-electron chi connectivity index (χ0n) is 12.5. The van der Waals surface area contributed by atoms with Gasteiger partial charge >= 0.3 is 0 Å². The zero-order chi connectivity index (χ0) is 14.9. The van der Waals surface area contributed by atoms with Crippen molar-refractivity contribution in [3.05, 3.63) is 53.1 Å². The van der Waals surface area contributed by atoms with E-state index in [0.29, 0.717) is 18.0 Å². The molecule has 0 saturated heterocycles. The Morgan fingerprint density at radius 1 is 1.35 bits per heavy atom. The van der Waals surface area contributed by atoms with Crippen LogP contribution in [-0.4, -0.2) is 9.78 Å². The molecule has 1 heterocycles. The lowest BCUT2D eigenvalue weighted by molar-refractivity contribution is 0.466. The van der Waals surface area contributed by atoms with Crippen molar-refractivity contribution in [1.82, 2.24) is 9.78 Å². The minimum atomic E-state index is -0.634. The first-order valence-corrected chi connectivity index (χ1v) is 6.89. The Balaban J connectivity index is 2.22. The van der Waals surface area contributed by atoms with E-state index in [-0.39, 0.29) is 5.82 Å². The van der Waals surface area contributed by atoms with Gasteiger partial charge in [0.25, 0.3) is 0 Å². The Hall–Kier alpha value is -1.68. The molecular formula is C16H22FN3. The molecule has 20 heavy (non-hydrogen) atoms. The lowest BCUT2D eigenvalue weighted by atomic mass is 9.88. The van der Waals surface area contributed by atoms with E-state index in [4.69, 9.17) is 5.73 Å². The molecule has 3 nitrogen and oxygen atoms in total. The van der Waals surface area contributed by atoms with Gasteiger partial charge in [-0.2, -0.15) is 5.10 Å². The second-order valence-electron chi connectivity index (χ2n) is 5.94. The highest BCUT2D eigenvalue weighted by Crippen LogP contribution is 2.24. The molecule has 0 aliphatic heterocycles. The van der Waals surface area contributed by atoms with Gasteiger partial charge < -0.3 is 5.73 Å². The number of nitrogens with two attached hydrogens (primary N) is 1. The van der Waals surface area contributed by atoms with Crippen LogP contribution in [0.5, 0.6) is 0 Å². The van der Waals surface area contributed by atoms with Crippen LogP contribution in [0.1, 0.15) is 43.6 Å². The Kier molecular flexibility index (Phi) is 3.95. The van der Waals surface area contributed by atoms with Gasteiger partial charge in [0.1, 0.15) is 5.82 Å². The predicted octanol–water partition coefficient (Wildman–Crippen LogP) is 3.33. The molecule has 0 bridgehead atoms. The summed E-state index contributed by atoms with van der Waals surface area (Å²) >= 11 is 0. The third kappa shape index (κ3) is 3.07. The third-order valence-corrected chi connectivity index (χ3v) is 3.57. The summed E-state index contributed by atoms with van der Waals surface area (Å²) in [6.45, 7) is 7.81. The van der Waals surface area contributed by atoms with Gasteiger partial charge in [-0.25, -0.2) is 4.39 Å². The molecule has 2 rings (SSSR count). The predicted molar refractivity (Wildman–Crippen MR) is 79.0 cm³/mol. The lowest BCUT2D eigenvalue weighted by Gasteiger charge is -2.24. The smallest absolute Gasteiger partial charge is 0.126 e. The molecule has 4 heteroatoms. The fourth-order valence-electron chi connectivity index (χ4n) is 2.19. The summed E-state index contributed by atoms with van der Waals surface area (Å²) in [6.07, 6.45) is 2.53. The molecule has 0 aliphatic carbocycles. The first-order chi connectivity index (χ1) is 9.29. The standard InChI is InChI=1S/C16H22FN3/c1-11(2)20-8-7-14(19-20)10-16(4,18)13-6-5-12(3)15(17)9-13/h5-9,11H,10,18H2,1-4H3. The number of rotatable bonds is 4. The second kappa shape index (κ2) is 5.37. The van der Waals surface area contributed by atoms with Crippen molar-refractivity contribution >= 4 is 0 Å². The monoisotopic (exact) mass is 275 g/mol. The number of benzene rings is 1. The fraction of sp³-hybridized carbons (Fsp3) is 0.438. The summed E-state index contributed by atoms with van der Waals surface area (Å²) in [4.78, 5) is 0. The average molecular weight is 275 g/mol. The van der Waals surface area contributed by atoms with Gasteiger partial charge in [-0.05, 0) is 51.0 Å². The number of hydrogen-bond acceptors (Lipinski definition) is 2. The number of nitrogens with zero attached hydrogens (tertiary/aromatic N) is 2. The van der Waals surface area contributed by atoms with Crippen LogP contribution >= 0.6 is 0 Å². The molecule has 0 aliphatic rings. The van der Waals surface area contributed by atoms with Gasteiger partial charge in [0, 0.05) is 24.2 Å². The third-order valence-electron chi connectivity index (χ3n) is 3.57. The van der Waals surface area contributed by atoms with Crippen LogP contribution in [0.2, 0.25) is 0 Å². The summed E-state index contributed by atoms with van der Waals surface area (Å²) < 4.78 is 15.6. The molecule has 1 aromatic heterocycles. The number of aromatic nitrogens is 2. The quantitative estimate of drug-likeness (QED) is 0.930. The number of halogens is 1. The van der Waals surface area contributed by atoms with Crippen molar-refractivity contribution in [2.45, 2.75) is 45.7 Å². The van der Waals surface area contributed by atoms with Crippen LogP contribution < -0.4 is 5.73 Å². The highest BCUT2D eigenvalue weighted by atomic mass is 19.1. The molecule has 1 aromatic carbocycles. The van der Waals surface area contributed by atoms with Crippen LogP contribution in [0.3, 0.4) is 0 Å². The zero-order valence-corrected chi connectivity index (χ0v) is 12.5. The van der Waals surface area contributed by atoms with Crippen molar-refractivity contribution in [3.8, 4) is 0 Å². The molecule has 1 unspecified atom stereocenters. The molecule has 0 spiro atoms. The molecule has 2 aromatic rings. The van der Waals surface area contributed by atoms with E-state index in [1.54, 1.807) is 13.0 Å². The average Bonchev–Trinajstić information content (AvgIpc) is 2.80. The van der Waals surface area contributed by atoms with Gasteiger partial charge in [0.2, 0.25) is 0 Å². The van der Waals surface area contributed by atoms with Crippen molar-refractivity contribution < 1.29 is 4.39 Å². The number of aryl methyl sites for hydroxylation is 1. The maximum absolute atomic E-state index is 13.7. The van der Waals surface area contributed by atoms with Crippen LogP contribution in [-0.2, 0) is 12.0 Å². The molecule has 0 radical (unpaired) electrons. The van der Waals surface area contributed by atoms with Crippen LogP contribution in [0.25, 0.3) is 0 Å². The Morgan fingerprint density at radius 3 is 2.60 bits per heavy atom. The van der Waals surface area contributed by atoms with Crippen LogP contribution in [0, 0.1) is 12.7 Å². The van der Waals surface area contributed by atoms with Crippen molar-refractivity contribution in [1.29, 1.82) is 0 Å². The molecule has 2 N–H and O–H groups in total. The van der Waals surface area contributed by atoms with Gasteiger partial charge in [-0.1, -0.05) is 12.1 Å². The SMILES string of the molecule is Cc1ccc(C(C)(N)Cc2ccn(C(C)C)n2)cc1F. The normalized spacial score (nSPS) is 14.6. The van der Waals surface area contributed by atoms with Gasteiger partial charge in [-0.3, -0.25) is 4.68 Å². The van der Waals surface area contributed by atoms with Gasteiger partial charge in [-0.15, -0.1) is 0 Å². The summed E-state index contributed by atoms with van der Waals surface area (Å²) in [5, 5.41) is 4.50. The first kappa shape index (κ1) is 14.7. The Labute approximate surface area is 119 Å². The second-order valence-corrected chi connectivity index (χ2v) is 5.94. The van der Waals surface area contributed by atoms with E-state index < -0.39 is 5.54 Å². The highest BCUT2D eigenvalue weighted by Gasteiger charge is 2.24. The largest absolute Gasteiger partial charge is 0.321 e. The van der Waals surface area contributed by atoms with Gasteiger partial charge in [0.15, 0.2) is 0 Å². The lowest BCUT2D eigenvalue weighted by Crippen LogP contribution is -2.35. The van der Waals surface area contributed by atoms with E-state index >= 15 is 0 Å². The molecule has 108 valence electrons. The summed E-state index contributed by atoms with van der Waals surface area (Å²) in [7, 11) is 0. The topological polar surface area (TPSA) is 43.8 Å². The molecule has 0 amide bonds. The Morgan fingerprint density at radius 2 is 2.05 bits per heavy atom. The van der Waals surface area contributed by atoms with Crippen LogP contribution in [0.4, 0.5) is 4.39 Å². The molecular weight excluding hydrogens is 253 g/mol.